The van der Waals surface area contributed by atoms with Gasteiger partial charge in [-0.1, -0.05) is 0 Å². The van der Waals surface area contributed by atoms with E-state index in [1.165, 1.54) is 12.4 Å². The molecule has 0 atom stereocenters. The normalized spacial score (nSPS) is 10.0. The summed E-state index contributed by atoms with van der Waals surface area (Å²) in [6.07, 6.45) is 4.47. The van der Waals surface area contributed by atoms with E-state index in [1.807, 2.05) is 6.07 Å². The first-order chi connectivity index (χ1) is 6.77. The van der Waals surface area contributed by atoms with E-state index >= 15 is 0 Å². The number of aromatic amines is 1. The first kappa shape index (κ1) is 8.43. The second-order valence-corrected chi connectivity index (χ2v) is 2.68. The van der Waals surface area contributed by atoms with Crippen LogP contribution >= 0.6 is 0 Å². The van der Waals surface area contributed by atoms with E-state index in [1.54, 1.807) is 12.3 Å². The van der Waals surface area contributed by atoms with Gasteiger partial charge in [0.25, 0.3) is 0 Å². The Morgan fingerprint density at radius 2 is 2.29 bits per heavy atom. The van der Waals surface area contributed by atoms with Crippen LogP contribution in [0.4, 0.5) is 0 Å². The molecule has 5 heteroatoms. The number of aromatic nitrogens is 3. The van der Waals surface area contributed by atoms with Crippen LogP contribution in [0.15, 0.2) is 30.7 Å². The zero-order valence-corrected chi connectivity index (χ0v) is 7.14. The van der Waals surface area contributed by atoms with E-state index in [-0.39, 0.29) is 5.69 Å². The molecule has 2 aromatic rings. The fourth-order valence-corrected chi connectivity index (χ4v) is 1.09. The Morgan fingerprint density at radius 1 is 1.43 bits per heavy atom. The van der Waals surface area contributed by atoms with Gasteiger partial charge in [-0.15, -0.1) is 0 Å². The Morgan fingerprint density at radius 3 is 2.93 bits per heavy atom. The molecular formula is C9H7N3O2. The van der Waals surface area contributed by atoms with Crippen LogP contribution in [-0.4, -0.2) is 26.0 Å². The highest BCUT2D eigenvalue weighted by molar-refractivity contribution is 5.85. The van der Waals surface area contributed by atoms with Gasteiger partial charge in [0.2, 0.25) is 0 Å². The zero-order valence-electron chi connectivity index (χ0n) is 7.14. The van der Waals surface area contributed by atoms with Crippen LogP contribution in [-0.2, 0) is 0 Å². The number of H-pyrrole nitrogens is 1. The van der Waals surface area contributed by atoms with Crippen LogP contribution in [0, 0.1) is 0 Å². The average Bonchev–Trinajstić information content (AvgIpc) is 2.71. The third-order valence-electron chi connectivity index (χ3n) is 1.73. The largest absolute Gasteiger partial charge is 0.476 e. The van der Waals surface area contributed by atoms with E-state index in [4.69, 9.17) is 5.11 Å². The Balaban J connectivity index is 2.46. The van der Waals surface area contributed by atoms with Gasteiger partial charge in [0.05, 0.1) is 18.1 Å². The second kappa shape index (κ2) is 3.29. The molecule has 0 aliphatic rings. The molecule has 2 aromatic heterocycles. The topological polar surface area (TPSA) is 78.9 Å². The maximum Gasteiger partial charge on any atom is 0.356 e. The standard InChI is InChI=1S/C9H7N3O2/c13-9(14)8-5-10-4-7(12-8)6-2-1-3-11-6/h1-5,11H,(H,13,14). The molecule has 0 radical (unpaired) electrons. The highest BCUT2D eigenvalue weighted by atomic mass is 16.4. The van der Waals surface area contributed by atoms with E-state index in [9.17, 15) is 4.79 Å². The number of carbonyl (C=O) groups is 1. The van der Waals surface area contributed by atoms with Crippen molar-refractivity contribution >= 4 is 5.97 Å². The molecular weight excluding hydrogens is 182 g/mol. The van der Waals surface area contributed by atoms with Gasteiger partial charge in [-0.3, -0.25) is 4.98 Å². The van der Waals surface area contributed by atoms with Crippen LogP contribution in [0.3, 0.4) is 0 Å². The number of hydrogen-bond acceptors (Lipinski definition) is 3. The number of hydrogen-bond donors (Lipinski definition) is 2. The van der Waals surface area contributed by atoms with Crippen LogP contribution < -0.4 is 0 Å². The van der Waals surface area contributed by atoms with Crippen molar-refractivity contribution in [2.75, 3.05) is 0 Å². The van der Waals surface area contributed by atoms with E-state index in [0.29, 0.717) is 5.69 Å². The number of carboxylic acids is 1. The zero-order chi connectivity index (χ0) is 9.97. The smallest absolute Gasteiger partial charge is 0.356 e. The molecule has 14 heavy (non-hydrogen) atoms. The van der Waals surface area contributed by atoms with E-state index in [2.05, 4.69) is 15.0 Å². The molecule has 0 bridgehead atoms. The predicted octanol–water partition coefficient (Wildman–Crippen LogP) is 1.17. The van der Waals surface area contributed by atoms with Gasteiger partial charge in [-0.05, 0) is 12.1 Å². The van der Waals surface area contributed by atoms with Crippen molar-refractivity contribution in [2.24, 2.45) is 0 Å². The van der Waals surface area contributed by atoms with Gasteiger partial charge < -0.3 is 10.1 Å². The van der Waals surface area contributed by atoms with Crippen molar-refractivity contribution in [3.05, 3.63) is 36.4 Å². The minimum absolute atomic E-state index is 0.0582. The summed E-state index contributed by atoms with van der Waals surface area (Å²) in [5.74, 6) is -1.08. The number of aromatic carboxylic acids is 1. The predicted molar refractivity (Wildman–Crippen MR) is 48.8 cm³/mol. The number of carboxylic acid groups (broad SMARTS) is 1. The molecule has 0 aliphatic carbocycles. The molecule has 0 saturated carbocycles. The van der Waals surface area contributed by atoms with E-state index < -0.39 is 5.97 Å². The highest BCUT2D eigenvalue weighted by Crippen LogP contribution is 2.12. The number of nitrogens with one attached hydrogen (secondary N) is 1. The quantitative estimate of drug-likeness (QED) is 0.743. The van der Waals surface area contributed by atoms with Crippen molar-refractivity contribution < 1.29 is 9.90 Å². The van der Waals surface area contributed by atoms with Crippen LogP contribution in [0.25, 0.3) is 11.4 Å². The Labute approximate surface area is 79.5 Å². The van der Waals surface area contributed by atoms with Gasteiger partial charge in [0, 0.05) is 6.20 Å². The molecule has 2 N–H and O–H groups in total. The SMILES string of the molecule is O=C(O)c1cncc(-c2ccc[nH]2)n1. The minimum atomic E-state index is -1.08. The summed E-state index contributed by atoms with van der Waals surface area (Å²) in [6.45, 7) is 0. The third kappa shape index (κ3) is 1.47. The number of rotatable bonds is 2. The molecule has 0 aliphatic heterocycles. The maximum absolute atomic E-state index is 10.6. The molecule has 0 unspecified atom stereocenters. The number of nitrogens with zero attached hydrogens (tertiary/aromatic N) is 2. The second-order valence-electron chi connectivity index (χ2n) is 2.68. The molecule has 70 valence electrons. The summed E-state index contributed by atoms with van der Waals surface area (Å²) < 4.78 is 0. The Bertz CT molecular complexity index is 451. The van der Waals surface area contributed by atoms with E-state index in [0.717, 1.165) is 5.69 Å². The molecule has 5 nitrogen and oxygen atoms in total. The molecule has 0 spiro atoms. The molecule has 0 saturated heterocycles. The molecule has 2 rings (SSSR count). The fourth-order valence-electron chi connectivity index (χ4n) is 1.09. The van der Waals surface area contributed by atoms with Gasteiger partial charge >= 0.3 is 5.97 Å². The molecule has 0 amide bonds. The minimum Gasteiger partial charge on any atom is -0.476 e. The summed E-state index contributed by atoms with van der Waals surface area (Å²) >= 11 is 0. The summed E-state index contributed by atoms with van der Waals surface area (Å²) in [4.78, 5) is 21.3. The highest BCUT2D eigenvalue weighted by Gasteiger charge is 2.07. The maximum atomic E-state index is 10.6. The first-order valence-corrected chi connectivity index (χ1v) is 3.96. The van der Waals surface area contributed by atoms with Crippen molar-refractivity contribution in [2.45, 2.75) is 0 Å². The van der Waals surface area contributed by atoms with Crippen molar-refractivity contribution in [3.63, 3.8) is 0 Å². The Hall–Kier alpha value is -2.17. The Kier molecular flexibility index (Phi) is 1.98. The van der Waals surface area contributed by atoms with Crippen molar-refractivity contribution in [1.82, 2.24) is 15.0 Å². The summed E-state index contributed by atoms with van der Waals surface area (Å²) in [5.41, 5.74) is 1.22. The lowest BCUT2D eigenvalue weighted by Crippen LogP contribution is -2.01. The van der Waals surface area contributed by atoms with Crippen LogP contribution in [0.5, 0.6) is 0 Å². The molecule has 0 fully saturated rings. The lowest BCUT2D eigenvalue weighted by Gasteiger charge is -1.97. The van der Waals surface area contributed by atoms with Gasteiger partial charge in [-0.2, -0.15) is 0 Å². The van der Waals surface area contributed by atoms with Gasteiger partial charge in [0.1, 0.15) is 5.69 Å². The molecule has 2 heterocycles. The van der Waals surface area contributed by atoms with Gasteiger partial charge in [0.15, 0.2) is 5.69 Å². The lowest BCUT2D eigenvalue weighted by atomic mass is 10.3. The lowest BCUT2D eigenvalue weighted by molar-refractivity contribution is 0.0690. The van der Waals surface area contributed by atoms with Crippen LogP contribution in [0.2, 0.25) is 0 Å². The first-order valence-electron chi connectivity index (χ1n) is 3.96. The fraction of sp³-hybridized carbons (Fsp3) is 0. The average molecular weight is 189 g/mol. The monoisotopic (exact) mass is 189 g/mol. The van der Waals surface area contributed by atoms with Crippen molar-refractivity contribution in [3.8, 4) is 11.4 Å². The summed E-state index contributed by atoms with van der Waals surface area (Å²) in [7, 11) is 0. The van der Waals surface area contributed by atoms with Crippen molar-refractivity contribution in [1.29, 1.82) is 0 Å². The van der Waals surface area contributed by atoms with Crippen LogP contribution in [0.1, 0.15) is 10.5 Å². The summed E-state index contributed by atoms with van der Waals surface area (Å²) in [5, 5.41) is 8.69. The summed E-state index contributed by atoms with van der Waals surface area (Å²) in [6, 6.07) is 3.61. The van der Waals surface area contributed by atoms with Gasteiger partial charge in [-0.25, -0.2) is 9.78 Å². The third-order valence-corrected chi connectivity index (χ3v) is 1.73. The molecule has 0 aromatic carbocycles.